The molecule has 0 atom stereocenters. The summed E-state index contributed by atoms with van der Waals surface area (Å²) < 4.78 is 9.65. The second-order valence-corrected chi connectivity index (χ2v) is 7.67. The predicted octanol–water partition coefficient (Wildman–Crippen LogP) is 6.44. The van der Waals surface area contributed by atoms with Crippen LogP contribution in [-0.2, 0) is 0 Å². The van der Waals surface area contributed by atoms with Gasteiger partial charge in [-0.25, -0.2) is 4.98 Å². The maximum atomic E-state index is 5.30. The Labute approximate surface area is 160 Å². The average Bonchev–Trinajstić information content (AvgIpc) is 3.22. The van der Waals surface area contributed by atoms with Crippen molar-refractivity contribution in [2.75, 3.05) is 4.72 Å². The maximum absolute atomic E-state index is 5.30. The molecule has 4 aromatic rings. The first-order valence-corrected chi connectivity index (χ1v) is 9.82. The van der Waals surface area contributed by atoms with Crippen molar-refractivity contribution in [3.63, 3.8) is 0 Å². The largest absolute Gasteiger partial charge is 0.361 e. The van der Waals surface area contributed by atoms with Crippen LogP contribution in [0.2, 0.25) is 0 Å². The van der Waals surface area contributed by atoms with Gasteiger partial charge in [0.25, 0.3) is 0 Å². The molecule has 0 aliphatic heterocycles. The number of nitrogens with zero attached hydrogens (tertiary/aromatic N) is 2. The molecular formula is C20H17N3OS2. The minimum Gasteiger partial charge on any atom is -0.361 e. The lowest BCUT2D eigenvalue weighted by molar-refractivity contribution is 0.393. The van der Waals surface area contributed by atoms with Crippen LogP contribution in [0.25, 0.3) is 31.9 Å². The molecule has 1 N–H and O–H groups in total. The summed E-state index contributed by atoms with van der Waals surface area (Å²) in [7, 11) is 0. The van der Waals surface area contributed by atoms with Crippen LogP contribution in [0.1, 0.15) is 11.5 Å². The highest BCUT2D eigenvalue weighted by atomic mass is 32.2. The second kappa shape index (κ2) is 6.97. The standard InChI is InChI=1S/C20H17N3OS2/c1-4-25-23-16-8-5-14(6-9-16)20-21-17-10-7-15(11-18(17)26-20)19-12(2)22-24-13(19)3/h4-11,23H,1H2,2-3H3. The maximum Gasteiger partial charge on any atom is 0.141 e. The first-order valence-electron chi connectivity index (χ1n) is 8.12. The number of thiazole rings is 1. The van der Waals surface area contributed by atoms with Crippen molar-refractivity contribution >= 4 is 39.2 Å². The Morgan fingerprint density at radius 3 is 2.58 bits per heavy atom. The molecule has 4 nitrogen and oxygen atoms in total. The molecule has 0 unspecified atom stereocenters. The average molecular weight is 380 g/mol. The van der Waals surface area contributed by atoms with E-state index < -0.39 is 0 Å². The number of rotatable bonds is 5. The molecule has 0 radical (unpaired) electrons. The van der Waals surface area contributed by atoms with E-state index in [9.17, 15) is 0 Å². The monoisotopic (exact) mass is 379 g/mol. The Balaban J connectivity index is 1.69. The molecule has 0 aliphatic rings. The van der Waals surface area contributed by atoms with E-state index in [1.807, 2.05) is 26.0 Å². The lowest BCUT2D eigenvalue weighted by atomic mass is 10.0. The van der Waals surface area contributed by atoms with Gasteiger partial charge in [0, 0.05) is 16.8 Å². The minimum absolute atomic E-state index is 0.840. The summed E-state index contributed by atoms with van der Waals surface area (Å²) in [6.45, 7) is 7.59. The number of nitrogens with one attached hydrogen (secondary N) is 1. The van der Waals surface area contributed by atoms with Crippen LogP contribution < -0.4 is 4.72 Å². The molecule has 0 spiro atoms. The number of hydrogen-bond acceptors (Lipinski definition) is 6. The second-order valence-electron chi connectivity index (χ2n) is 5.86. The number of aromatic nitrogens is 2. The zero-order valence-corrected chi connectivity index (χ0v) is 16.1. The van der Waals surface area contributed by atoms with E-state index in [0.717, 1.165) is 49.1 Å². The Kier molecular flexibility index (Phi) is 4.53. The number of fused-ring (bicyclic) bond motifs is 1. The van der Waals surface area contributed by atoms with Gasteiger partial charge in [-0.2, -0.15) is 0 Å². The molecule has 0 aliphatic carbocycles. The molecule has 2 heterocycles. The molecule has 26 heavy (non-hydrogen) atoms. The van der Waals surface area contributed by atoms with E-state index >= 15 is 0 Å². The van der Waals surface area contributed by atoms with Crippen LogP contribution in [0, 0.1) is 13.8 Å². The van der Waals surface area contributed by atoms with Crippen molar-refractivity contribution < 1.29 is 4.52 Å². The molecule has 0 bridgehead atoms. The van der Waals surface area contributed by atoms with Gasteiger partial charge in [-0.1, -0.05) is 17.8 Å². The molecule has 2 aromatic heterocycles. The van der Waals surface area contributed by atoms with Gasteiger partial charge < -0.3 is 9.25 Å². The SMILES string of the molecule is C=CSNc1ccc(-c2nc3ccc(-c4c(C)noc4C)cc3s2)cc1. The number of aryl methyl sites for hydroxylation is 2. The first kappa shape index (κ1) is 16.9. The Morgan fingerprint density at radius 1 is 1.12 bits per heavy atom. The Morgan fingerprint density at radius 2 is 1.88 bits per heavy atom. The van der Waals surface area contributed by atoms with Crippen molar-refractivity contribution in [1.82, 2.24) is 10.1 Å². The summed E-state index contributed by atoms with van der Waals surface area (Å²) in [4.78, 5) is 4.78. The molecule has 0 saturated heterocycles. The third-order valence-corrected chi connectivity index (χ3v) is 5.69. The van der Waals surface area contributed by atoms with E-state index in [1.54, 1.807) is 16.7 Å². The van der Waals surface area contributed by atoms with Crippen LogP contribution in [0.4, 0.5) is 5.69 Å². The van der Waals surface area contributed by atoms with E-state index in [1.165, 1.54) is 11.9 Å². The highest BCUT2D eigenvalue weighted by Crippen LogP contribution is 2.35. The normalized spacial score (nSPS) is 11.0. The fraction of sp³-hybridized carbons (Fsp3) is 0.100. The summed E-state index contributed by atoms with van der Waals surface area (Å²) in [5, 5.41) is 6.83. The van der Waals surface area contributed by atoms with Crippen LogP contribution in [0.5, 0.6) is 0 Å². The number of benzene rings is 2. The van der Waals surface area contributed by atoms with Gasteiger partial charge in [0.1, 0.15) is 10.8 Å². The third-order valence-electron chi connectivity index (χ3n) is 4.10. The van der Waals surface area contributed by atoms with Gasteiger partial charge in [0.15, 0.2) is 0 Å². The smallest absolute Gasteiger partial charge is 0.141 e. The topological polar surface area (TPSA) is 51.0 Å². The van der Waals surface area contributed by atoms with Crippen molar-refractivity contribution in [3.05, 3.63) is 65.9 Å². The van der Waals surface area contributed by atoms with Crippen LogP contribution in [-0.4, -0.2) is 10.1 Å². The minimum atomic E-state index is 0.840. The Hall–Kier alpha value is -2.57. The quantitative estimate of drug-likeness (QED) is 0.404. The molecular weight excluding hydrogens is 362 g/mol. The van der Waals surface area contributed by atoms with Crippen LogP contribution >= 0.6 is 23.3 Å². The van der Waals surface area contributed by atoms with E-state index in [0.29, 0.717) is 0 Å². The molecule has 0 fully saturated rings. The van der Waals surface area contributed by atoms with Gasteiger partial charge in [0.2, 0.25) is 0 Å². The summed E-state index contributed by atoms with van der Waals surface area (Å²) in [5.41, 5.74) is 6.25. The number of anilines is 1. The summed E-state index contributed by atoms with van der Waals surface area (Å²) in [5.74, 6) is 0.840. The van der Waals surface area contributed by atoms with Crippen molar-refractivity contribution in [1.29, 1.82) is 0 Å². The summed E-state index contributed by atoms with van der Waals surface area (Å²) in [6, 6.07) is 14.6. The lowest BCUT2D eigenvalue weighted by Gasteiger charge is -2.02. The van der Waals surface area contributed by atoms with Gasteiger partial charge in [-0.05, 0) is 73.2 Å². The fourth-order valence-corrected chi connectivity index (χ4v) is 4.26. The van der Waals surface area contributed by atoms with E-state index in [2.05, 4.69) is 46.8 Å². The molecule has 0 saturated carbocycles. The predicted molar refractivity (Wildman–Crippen MR) is 111 cm³/mol. The van der Waals surface area contributed by atoms with Crippen molar-refractivity contribution in [2.45, 2.75) is 13.8 Å². The molecule has 0 amide bonds. The summed E-state index contributed by atoms with van der Waals surface area (Å²) >= 11 is 3.15. The molecule has 130 valence electrons. The highest BCUT2D eigenvalue weighted by Gasteiger charge is 2.13. The fourth-order valence-electron chi connectivity index (χ4n) is 2.89. The molecule has 2 aromatic carbocycles. The highest BCUT2D eigenvalue weighted by molar-refractivity contribution is 8.03. The van der Waals surface area contributed by atoms with Gasteiger partial charge in [0.05, 0.1) is 15.9 Å². The zero-order chi connectivity index (χ0) is 18.1. The van der Waals surface area contributed by atoms with Gasteiger partial charge in [-0.3, -0.25) is 0 Å². The van der Waals surface area contributed by atoms with E-state index in [-0.39, 0.29) is 0 Å². The molecule has 6 heteroatoms. The van der Waals surface area contributed by atoms with E-state index in [4.69, 9.17) is 9.51 Å². The van der Waals surface area contributed by atoms with Gasteiger partial charge in [-0.15, -0.1) is 11.3 Å². The Bertz CT molecular complexity index is 1060. The van der Waals surface area contributed by atoms with Crippen LogP contribution in [0.15, 0.2) is 59.0 Å². The third kappa shape index (κ3) is 3.13. The van der Waals surface area contributed by atoms with Crippen molar-refractivity contribution in [3.8, 4) is 21.7 Å². The van der Waals surface area contributed by atoms with Crippen molar-refractivity contribution in [2.24, 2.45) is 0 Å². The summed E-state index contributed by atoms with van der Waals surface area (Å²) in [6.07, 6.45) is 0. The lowest BCUT2D eigenvalue weighted by Crippen LogP contribution is -1.83. The molecule has 4 rings (SSSR count). The van der Waals surface area contributed by atoms with Crippen LogP contribution in [0.3, 0.4) is 0 Å². The van der Waals surface area contributed by atoms with Gasteiger partial charge >= 0.3 is 0 Å². The number of hydrogen-bond donors (Lipinski definition) is 1. The zero-order valence-electron chi connectivity index (χ0n) is 14.4. The first-order chi connectivity index (χ1) is 12.7.